The Bertz CT molecular complexity index is 1830. The number of urea groups is 1. The van der Waals surface area contributed by atoms with Crippen LogP contribution in [0.1, 0.15) is 16.8 Å². The molecule has 5 rings (SSSR count). The van der Waals surface area contributed by atoms with E-state index in [2.05, 4.69) is 15.4 Å². The summed E-state index contributed by atoms with van der Waals surface area (Å²) in [5.41, 5.74) is 6.34. The van der Waals surface area contributed by atoms with Crippen LogP contribution < -0.4 is 16.4 Å². The van der Waals surface area contributed by atoms with Gasteiger partial charge in [-0.2, -0.15) is 18.3 Å². The van der Waals surface area contributed by atoms with Gasteiger partial charge in [0, 0.05) is 37.9 Å². The van der Waals surface area contributed by atoms with E-state index in [-0.39, 0.29) is 29.6 Å². The number of hydrogen-bond acceptors (Lipinski definition) is 8. The van der Waals surface area contributed by atoms with Gasteiger partial charge in [0.25, 0.3) is 0 Å². The van der Waals surface area contributed by atoms with Crippen LogP contribution in [0.2, 0.25) is 0 Å². The lowest BCUT2D eigenvalue weighted by Crippen LogP contribution is -2.40. The number of amides is 2. The Morgan fingerprint density at radius 2 is 1.75 bits per heavy atom. The number of anilines is 3. The molecule has 1 fully saturated rings. The average Bonchev–Trinajstić information content (AvgIpc) is 3.25. The number of nitrogens with two attached hydrogens (primary N) is 1. The maximum Gasteiger partial charge on any atom is 0.416 e. The Kier molecular flexibility index (Phi) is 8.46. The molecule has 4 N–H and O–H groups in total. The van der Waals surface area contributed by atoms with Crippen molar-refractivity contribution in [2.45, 2.75) is 19.3 Å². The van der Waals surface area contributed by atoms with Crippen LogP contribution in [0.4, 0.5) is 43.9 Å². The first-order valence-electron chi connectivity index (χ1n) is 13.1. The van der Waals surface area contributed by atoms with E-state index >= 15 is 4.39 Å². The van der Waals surface area contributed by atoms with Gasteiger partial charge in [0.1, 0.15) is 23.5 Å². The lowest BCUT2D eigenvalue weighted by Gasteiger charge is -2.26. The largest absolute Gasteiger partial charge is 0.416 e. The molecule has 0 aliphatic carbocycles. The van der Waals surface area contributed by atoms with Crippen molar-refractivity contribution in [3.05, 3.63) is 71.2 Å². The number of carbonyl (C=O) groups is 1. The molecule has 0 atom stereocenters. The number of aromatic nitrogens is 3. The molecule has 44 heavy (non-hydrogen) atoms. The highest BCUT2D eigenvalue weighted by Crippen LogP contribution is 2.38. The van der Waals surface area contributed by atoms with Crippen LogP contribution in [0.15, 0.2) is 42.7 Å². The molecular weight excluding hydrogens is 613 g/mol. The van der Waals surface area contributed by atoms with Crippen molar-refractivity contribution < 1.29 is 39.9 Å². The lowest BCUT2D eigenvalue weighted by atomic mass is 10.0. The quantitative estimate of drug-likeness (QED) is 0.254. The minimum absolute atomic E-state index is 0.00750. The van der Waals surface area contributed by atoms with E-state index in [1.807, 2.05) is 10.2 Å². The van der Waals surface area contributed by atoms with Gasteiger partial charge in [-0.05, 0) is 35.9 Å². The van der Waals surface area contributed by atoms with E-state index in [9.17, 15) is 30.8 Å². The SMILES string of the molecule is COCc1c(-c2ccc(NC(=O)Nc3cc(C(F)(F)F)ccc3F)c(F)c2)c2c(N)ncnn2c1CN1CCS(=O)(=O)CC1. The van der Waals surface area contributed by atoms with Crippen LogP contribution in [-0.4, -0.2) is 65.7 Å². The monoisotopic (exact) mass is 639 g/mol. The van der Waals surface area contributed by atoms with E-state index in [1.165, 1.54) is 25.6 Å². The van der Waals surface area contributed by atoms with Gasteiger partial charge in [-0.25, -0.2) is 31.5 Å². The number of carbonyl (C=O) groups excluding carboxylic acids is 1. The highest BCUT2D eigenvalue weighted by atomic mass is 32.2. The number of benzene rings is 2. The molecule has 1 aliphatic rings. The third-order valence-corrected chi connectivity index (χ3v) is 8.72. The van der Waals surface area contributed by atoms with Crippen molar-refractivity contribution in [2.75, 3.05) is 48.1 Å². The normalized spacial score (nSPS) is 15.4. The molecule has 17 heteroatoms. The third kappa shape index (κ3) is 6.44. The zero-order valence-electron chi connectivity index (χ0n) is 23.1. The molecule has 1 aliphatic heterocycles. The molecule has 0 spiro atoms. The molecule has 2 amide bonds. The number of fused-ring (bicyclic) bond motifs is 1. The van der Waals surface area contributed by atoms with Crippen molar-refractivity contribution in [1.82, 2.24) is 19.5 Å². The summed E-state index contributed by atoms with van der Waals surface area (Å²) in [6.45, 7) is 0.963. The number of sulfone groups is 1. The molecule has 234 valence electrons. The maximum absolute atomic E-state index is 15.4. The fraction of sp³-hybridized carbons (Fsp3) is 0.296. The van der Waals surface area contributed by atoms with Crippen LogP contribution in [0.25, 0.3) is 16.6 Å². The standard InChI is InChI=1S/C27H26F5N7O4S/c1-43-13-17-22(12-38-6-8-44(41,42)9-7-38)39-24(25(33)34-14-35-39)23(17)15-2-5-20(19(29)10-15)36-26(40)37-21-11-16(27(30,31)32)3-4-18(21)28/h2-5,10-11,14H,6-9,12-13H2,1H3,(H2,33,34,35)(H2,36,37,40). The van der Waals surface area contributed by atoms with E-state index < -0.39 is 44.9 Å². The number of nitrogen functional groups attached to an aromatic ring is 1. The summed E-state index contributed by atoms with van der Waals surface area (Å²) in [4.78, 5) is 18.5. The minimum atomic E-state index is -4.77. The molecule has 0 bridgehead atoms. The summed E-state index contributed by atoms with van der Waals surface area (Å²) in [6, 6.07) is 4.15. The number of methoxy groups -OCH3 is 1. The molecule has 0 saturated carbocycles. The Morgan fingerprint density at radius 3 is 2.41 bits per heavy atom. The molecule has 0 unspecified atom stereocenters. The number of nitrogens with one attached hydrogen (secondary N) is 2. The third-order valence-electron chi connectivity index (χ3n) is 7.11. The number of alkyl halides is 3. The van der Waals surface area contributed by atoms with E-state index in [4.69, 9.17) is 10.5 Å². The molecular formula is C27H26F5N7O4S. The Balaban J connectivity index is 1.46. The number of ether oxygens (including phenoxy) is 1. The lowest BCUT2D eigenvalue weighted by molar-refractivity contribution is -0.137. The van der Waals surface area contributed by atoms with E-state index in [0.29, 0.717) is 65.7 Å². The van der Waals surface area contributed by atoms with E-state index in [1.54, 1.807) is 4.52 Å². The Labute approximate surface area is 247 Å². The predicted octanol–water partition coefficient (Wildman–Crippen LogP) is 4.30. The van der Waals surface area contributed by atoms with Crippen LogP contribution in [0.5, 0.6) is 0 Å². The summed E-state index contributed by atoms with van der Waals surface area (Å²) in [7, 11) is -1.65. The highest BCUT2D eigenvalue weighted by molar-refractivity contribution is 7.91. The van der Waals surface area contributed by atoms with Gasteiger partial charge in [0.15, 0.2) is 15.7 Å². The van der Waals surface area contributed by atoms with Gasteiger partial charge in [-0.15, -0.1) is 0 Å². The Morgan fingerprint density at radius 1 is 1.05 bits per heavy atom. The second-order valence-electron chi connectivity index (χ2n) is 10.0. The second kappa shape index (κ2) is 12.0. The first-order valence-corrected chi connectivity index (χ1v) is 14.9. The molecule has 0 radical (unpaired) electrons. The topological polar surface area (TPSA) is 144 Å². The van der Waals surface area contributed by atoms with E-state index in [0.717, 1.165) is 6.07 Å². The fourth-order valence-corrected chi connectivity index (χ4v) is 6.24. The number of nitrogens with zero attached hydrogens (tertiary/aromatic N) is 4. The van der Waals surface area contributed by atoms with Gasteiger partial charge < -0.3 is 21.1 Å². The molecule has 3 heterocycles. The number of rotatable bonds is 7. The van der Waals surface area contributed by atoms with Gasteiger partial charge >= 0.3 is 12.2 Å². The molecule has 4 aromatic rings. The molecule has 2 aromatic heterocycles. The van der Waals surface area contributed by atoms with Gasteiger partial charge in [0.2, 0.25) is 0 Å². The minimum Gasteiger partial charge on any atom is -0.382 e. The van der Waals surface area contributed by atoms with Crippen molar-refractivity contribution >= 4 is 38.6 Å². The smallest absolute Gasteiger partial charge is 0.382 e. The Hall–Kier alpha value is -4.35. The summed E-state index contributed by atoms with van der Waals surface area (Å²) in [6.07, 6.45) is -3.51. The summed E-state index contributed by atoms with van der Waals surface area (Å²) in [5, 5.41) is 8.47. The van der Waals surface area contributed by atoms with Crippen molar-refractivity contribution in [3.63, 3.8) is 0 Å². The predicted molar refractivity (Wildman–Crippen MR) is 151 cm³/mol. The van der Waals surface area contributed by atoms with Crippen molar-refractivity contribution in [1.29, 1.82) is 0 Å². The van der Waals surface area contributed by atoms with Gasteiger partial charge in [0.05, 0.1) is 40.7 Å². The zero-order chi connectivity index (χ0) is 31.8. The van der Waals surface area contributed by atoms with Crippen LogP contribution >= 0.6 is 0 Å². The van der Waals surface area contributed by atoms with Gasteiger partial charge in [-0.3, -0.25) is 4.90 Å². The van der Waals surface area contributed by atoms with Crippen molar-refractivity contribution in [3.8, 4) is 11.1 Å². The number of hydrogen-bond donors (Lipinski definition) is 3. The van der Waals surface area contributed by atoms with Crippen LogP contribution in [0.3, 0.4) is 0 Å². The molecule has 2 aromatic carbocycles. The fourth-order valence-electron chi connectivity index (χ4n) is 4.96. The van der Waals surface area contributed by atoms with Crippen LogP contribution in [-0.2, 0) is 33.9 Å². The van der Waals surface area contributed by atoms with Crippen molar-refractivity contribution in [2.24, 2.45) is 0 Å². The van der Waals surface area contributed by atoms with Gasteiger partial charge in [-0.1, -0.05) is 6.07 Å². The molecule has 1 saturated heterocycles. The summed E-state index contributed by atoms with van der Waals surface area (Å²) >= 11 is 0. The first-order chi connectivity index (χ1) is 20.8. The average molecular weight is 640 g/mol. The molecule has 11 nitrogen and oxygen atoms in total. The summed E-state index contributed by atoms with van der Waals surface area (Å²) < 4.78 is 99.4. The van der Waals surface area contributed by atoms with Crippen LogP contribution in [0, 0.1) is 11.6 Å². The first kappa shape index (κ1) is 31.1. The highest BCUT2D eigenvalue weighted by Gasteiger charge is 2.31. The summed E-state index contributed by atoms with van der Waals surface area (Å²) in [5.74, 6) is -1.92. The maximum atomic E-state index is 15.4. The number of halogens is 5. The second-order valence-corrected chi connectivity index (χ2v) is 12.3. The zero-order valence-corrected chi connectivity index (χ0v) is 23.9.